The van der Waals surface area contributed by atoms with Crippen LogP contribution in [0.5, 0.6) is 0 Å². The molecule has 1 atom stereocenters. The first-order valence-corrected chi connectivity index (χ1v) is 10.9. The van der Waals surface area contributed by atoms with Gasteiger partial charge in [0.15, 0.2) is 0 Å². The predicted molar refractivity (Wildman–Crippen MR) is 111 cm³/mol. The van der Waals surface area contributed by atoms with Gasteiger partial charge in [-0.3, -0.25) is 0 Å². The number of hydrogen-bond donors (Lipinski definition) is 0. The molecule has 0 unspecified atom stereocenters. The Labute approximate surface area is 168 Å². The van der Waals surface area contributed by atoms with Crippen LogP contribution in [0.4, 0.5) is 4.39 Å². The van der Waals surface area contributed by atoms with Gasteiger partial charge in [-0.2, -0.15) is 4.31 Å². The van der Waals surface area contributed by atoms with E-state index in [9.17, 15) is 12.8 Å². The van der Waals surface area contributed by atoms with Crippen LogP contribution in [0, 0.1) is 5.82 Å². The Morgan fingerprint density at radius 2 is 1.59 bits per heavy atom. The number of rotatable bonds is 3. The van der Waals surface area contributed by atoms with E-state index in [0.29, 0.717) is 13.1 Å². The molecule has 1 aliphatic rings. The summed E-state index contributed by atoms with van der Waals surface area (Å²) in [6, 6.07) is 22.3. The second-order valence-corrected chi connectivity index (χ2v) is 9.10. The number of aromatic nitrogens is 1. The SMILES string of the molecule is O=S(=O)(c1ccc2ccccc2c1)N1CCn2cccc2[C@@H]1c1ccc(F)cc1. The lowest BCUT2D eigenvalue weighted by Crippen LogP contribution is -2.42. The van der Waals surface area contributed by atoms with Crippen LogP contribution >= 0.6 is 0 Å². The van der Waals surface area contributed by atoms with E-state index < -0.39 is 16.1 Å². The molecule has 0 aliphatic carbocycles. The minimum absolute atomic E-state index is 0.267. The molecule has 0 saturated heterocycles. The molecule has 5 rings (SSSR count). The Hall–Kier alpha value is -2.96. The molecule has 29 heavy (non-hydrogen) atoms. The first-order valence-electron chi connectivity index (χ1n) is 9.45. The van der Waals surface area contributed by atoms with Crippen LogP contribution in [0.2, 0.25) is 0 Å². The fourth-order valence-electron chi connectivity index (χ4n) is 4.07. The van der Waals surface area contributed by atoms with Gasteiger partial charge in [0.1, 0.15) is 5.82 Å². The molecule has 0 bridgehead atoms. The van der Waals surface area contributed by atoms with Crippen LogP contribution in [0.1, 0.15) is 17.3 Å². The Kier molecular flexibility index (Phi) is 4.26. The lowest BCUT2D eigenvalue weighted by molar-refractivity contribution is 0.298. The second-order valence-electron chi connectivity index (χ2n) is 7.21. The van der Waals surface area contributed by atoms with E-state index in [-0.39, 0.29) is 10.7 Å². The van der Waals surface area contributed by atoms with E-state index in [0.717, 1.165) is 22.0 Å². The van der Waals surface area contributed by atoms with Crippen LogP contribution < -0.4 is 0 Å². The van der Waals surface area contributed by atoms with Crippen molar-refractivity contribution in [1.82, 2.24) is 8.87 Å². The van der Waals surface area contributed by atoms with Crippen molar-refractivity contribution >= 4 is 20.8 Å². The van der Waals surface area contributed by atoms with E-state index in [4.69, 9.17) is 0 Å². The molecule has 2 heterocycles. The second kappa shape index (κ2) is 6.83. The number of halogens is 1. The molecule has 4 nitrogen and oxygen atoms in total. The maximum Gasteiger partial charge on any atom is 0.244 e. The lowest BCUT2D eigenvalue weighted by atomic mass is 10.0. The zero-order chi connectivity index (χ0) is 20.0. The Balaban J connectivity index is 1.64. The summed E-state index contributed by atoms with van der Waals surface area (Å²) in [6.07, 6.45) is 1.95. The van der Waals surface area contributed by atoms with Crippen LogP contribution in [0.25, 0.3) is 10.8 Å². The Bertz CT molecular complexity index is 1300. The minimum atomic E-state index is -3.76. The smallest absolute Gasteiger partial charge is 0.244 e. The van der Waals surface area contributed by atoms with Gasteiger partial charge in [0.2, 0.25) is 10.0 Å². The maximum atomic E-state index is 13.7. The van der Waals surface area contributed by atoms with Crippen molar-refractivity contribution in [2.75, 3.05) is 6.54 Å². The number of hydrogen-bond acceptors (Lipinski definition) is 2. The molecule has 0 radical (unpaired) electrons. The van der Waals surface area contributed by atoms with Gasteiger partial charge in [-0.15, -0.1) is 0 Å². The fraction of sp³-hybridized carbons (Fsp3) is 0.130. The summed E-state index contributed by atoms with van der Waals surface area (Å²) >= 11 is 0. The average molecular weight is 406 g/mol. The molecule has 0 N–H and O–H groups in total. The summed E-state index contributed by atoms with van der Waals surface area (Å²) in [7, 11) is -3.76. The van der Waals surface area contributed by atoms with E-state index in [1.165, 1.54) is 16.4 Å². The standard InChI is InChI=1S/C23H19FN2O2S/c24-20-10-7-18(8-11-20)23-22-6-3-13-25(22)14-15-26(23)29(27,28)21-12-9-17-4-1-2-5-19(17)16-21/h1-13,16,23H,14-15H2/t23-/m0/s1. The van der Waals surface area contributed by atoms with E-state index in [2.05, 4.69) is 4.57 Å². The summed E-state index contributed by atoms with van der Waals surface area (Å²) in [5.74, 6) is -0.344. The molecule has 3 aromatic carbocycles. The average Bonchev–Trinajstić information content (AvgIpc) is 3.22. The molecule has 0 spiro atoms. The van der Waals surface area contributed by atoms with Crippen molar-refractivity contribution in [2.45, 2.75) is 17.5 Å². The van der Waals surface area contributed by atoms with Gasteiger partial charge < -0.3 is 4.57 Å². The first-order chi connectivity index (χ1) is 14.0. The molecule has 0 saturated carbocycles. The molecule has 6 heteroatoms. The highest BCUT2D eigenvalue weighted by Crippen LogP contribution is 2.37. The van der Waals surface area contributed by atoms with Gasteiger partial charge in [0.25, 0.3) is 0 Å². The highest BCUT2D eigenvalue weighted by atomic mass is 32.2. The summed E-state index contributed by atoms with van der Waals surface area (Å²) < 4.78 is 44.4. The third-order valence-electron chi connectivity index (χ3n) is 5.51. The third kappa shape index (κ3) is 3.05. The molecule has 1 aliphatic heterocycles. The van der Waals surface area contributed by atoms with Crippen LogP contribution in [-0.4, -0.2) is 23.8 Å². The topological polar surface area (TPSA) is 42.3 Å². The molecule has 0 amide bonds. The zero-order valence-corrected chi connectivity index (χ0v) is 16.4. The van der Waals surface area contributed by atoms with Crippen molar-refractivity contribution in [3.8, 4) is 0 Å². The van der Waals surface area contributed by atoms with Crippen molar-refractivity contribution < 1.29 is 12.8 Å². The van der Waals surface area contributed by atoms with Gasteiger partial charge in [0.05, 0.1) is 10.9 Å². The summed E-state index contributed by atoms with van der Waals surface area (Å²) in [5, 5.41) is 1.88. The quantitative estimate of drug-likeness (QED) is 0.500. The van der Waals surface area contributed by atoms with Crippen molar-refractivity contribution in [3.05, 3.63) is 102 Å². The highest BCUT2D eigenvalue weighted by molar-refractivity contribution is 7.89. The number of benzene rings is 3. The molecule has 1 aromatic heterocycles. The van der Waals surface area contributed by atoms with Crippen molar-refractivity contribution in [1.29, 1.82) is 0 Å². The van der Waals surface area contributed by atoms with Gasteiger partial charge in [0, 0.05) is 25.0 Å². The largest absolute Gasteiger partial charge is 0.348 e. The zero-order valence-electron chi connectivity index (χ0n) is 15.6. The van der Waals surface area contributed by atoms with Gasteiger partial charge in [-0.25, -0.2) is 12.8 Å². The number of fused-ring (bicyclic) bond motifs is 2. The monoisotopic (exact) mass is 406 g/mol. The van der Waals surface area contributed by atoms with Gasteiger partial charge in [-0.05, 0) is 52.7 Å². The highest BCUT2D eigenvalue weighted by Gasteiger charge is 2.37. The third-order valence-corrected chi connectivity index (χ3v) is 7.37. The van der Waals surface area contributed by atoms with Crippen molar-refractivity contribution in [3.63, 3.8) is 0 Å². The summed E-state index contributed by atoms with van der Waals surface area (Å²) in [5.41, 5.74) is 1.63. The number of nitrogens with zero attached hydrogens (tertiary/aromatic N) is 2. The molecule has 4 aromatic rings. The molecule has 0 fully saturated rings. The molecular formula is C23H19FN2O2S. The summed E-state index contributed by atoms with van der Waals surface area (Å²) in [6.45, 7) is 0.922. The van der Waals surface area contributed by atoms with Crippen LogP contribution in [0.15, 0.2) is 90.0 Å². The van der Waals surface area contributed by atoms with E-state index in [1.54, 1.807) is 24.3 Å². The van der Waals surface area contributed by atoms with Crippen molar-refractivity contribution in [2.24, 2.45) is 0 Å². The van der Waals surface area contributed by atoms with Crippen LogP contribution in [-0.2, 0) is 16.6 Å². The Morgan fingerprint density at radius 3 is 2.38 bits per heavy atom. The first kappa shape index (κ1) is 18.1. The normalized spacial score (nSPS) is 17.3. The minimum Gasteiger partial charge on any atom is -0.348 e. The predicted octanol–water partition coefficient (Wildman–Crippen LogP) is 4.57. The van der Waals surface area contributed by atoms with E-state index in [1.807, 2.05) is 48.7 Å². The van der Waals surface area contributed by atoms with E-state index >= 15 is 0 Å². The lowest BCUT2D eigenvalue weighted by Gasteiger charge is -2.36. The van der Waals surface area contributed by atoms with Gasteiger partial charge >= 0.3 is 0 Å². The Morgan fingerprint density at radius 1 is 0.828 bits per heavy atom. The fourth-order valence-corrected chi connectivity index (χ4v) is 5.68. The number of sulfonamides is 1. The van der Waals surface area contributed by atoms with Gasteiger partial charge in [-0.1, -0.05) is 42.5 Å². The molecule has 146 valence electrons. The maximum absolute atomic E-state index is 13.7. The summed E-state index contributed by atoms with van der Waals surface area (Å²) in [4.78, 5) is 0.267. The molecular weight excluding hydrogens is 387 g/mol. The van der Waals surface area contributed by atoms with Crippen LogP contribution in [0.3, 0.4) is 0 Å².